The Labute approximate surface area is 193 Å². The molecule has 1 aliphatic heterocycles. The largest absolute Gasteiger partial charge is 0.422 e. The lowest BCUT2D eigenvalue weighted by Crippen LogP contribution is -2.30. The Morgan fingerprint density at radius 3 is 2.44 bits per heavy atom. The van der Waals surface area contributed by atoms with E-state index in [0.717, 1.165) is 36.5 Å². The third kappa shape index (κ3) is 5.58. The highest BCUT2D eigenvalue weighted by molar-refractivity contribution is 5.91. The molecule has 2 fully saturated rings. The van der Waals surface area contributed by atoms with E-state index in [1.165, 1.54) is 56.9 Å². The average Bonchev–Trinajstić information content (AvgIpc) is 2.81. The van der Waals surface area contributed by atoms with Gasteiger partial charge in [0.05, 0.1) is 5.56 Å². The zero-order valence-electron chi connectivity index (χ0n) is 20.0. The number of ether oxygens (including phenoxy) is 1. The number of esters is 1. The monoisotopic (exact) mass is 434 g/mol. The molecule has 0 radical (unpaired) electrons. The number of pyridine rings is 1. The SMILES string of the molecule is CC(C)(C)c1cc(C2CCCCC2)cc(CN2CCCCC2)c1OC(=O)c1cccnc1. The molecule has 1 saturated carbocycles. The van der Waals surface area contributed by atoms with E-state index in [0.29, 0.717) is 11.5 Å². The second kappa shape index (κ2) is 10.2. The van der Waals surface area contributed by atoms with E-state index in [9.17, 15) is 4.79 Å². The molecule has 2 aromatic rings. The second-order valence-corrected chi connectivity index (χ2v) is 10.6. The predicted molar refractivity (Wildman–Crippen MR) is 129 cm³/mol. The van der Waals surface area contributed by atoms with E-state index in [-0.39, 0.29) is 11.4 Å². The third-order valence-corrected chi connectivity index (χ3v) is 7.01. The van der Waals surface area contributed by atoms with Crippen LogP contribution < -0.4 is 4.74 Å². The first-order valence-electron chi connectivity index (χ1n) is 12.4. The summed E-state index contributed by atoms with van der Waals surface area (Å²) in [5.41, 5.74) is 4.11. The summed E-state index contributed by atoms with van der Waals surface area (Å²) >= 11 is 0. The Morgan fingerprint density at radius 2 is 1.78 bits per heavy atom. The van der Waals surface area contributed by atoms with E-state index in [1.807, 2.05) is 0 Å². The normalized spacial score (nSPS) is 18.5. The van der Waals surface area contributed by atoms with Gasteiger partial charge in [0.2, 0.25) is 0 Å². The van der Waals surface area contributed by atoms with E-state index in [2.05, 4.69) is 42.8 Å². The van der Waals surface area contributed by atoms with Gasteiger partial charge < -0.3 is 4.74 Å². The molecule has 0 bridgehead atoms. The zero-order chi connectivity index (χ0) is 22.6. The van der Waals surface area contributed by atoms with E-state index < -0.39 is 0 Å². The van der Waals surface area contributed by atoms with Crippen molar-refractivity contribution in [3.63, 3.8) is 0 Å². The highest BCUT2D eigenvalue weighted by Crippen LogP contribution is 2.41. The Morgan fingerprint density at radius 1 is 1.06 bits per heavy atom. The number of hydrogen-bond donors (Lipinski definition) is 0. The first kappa shape index (κ1) is 23.0. The van der Waals surface area contributed by atoms with Gasteiger partial charge in [-0.3, -0.25) is 9.88 Å². The first-order valence-corrected chi connectivity index (χ1v) is 12.4. The number of nitrogens with zero attached hydrogens (tertiary/aromatic N) is 2. The van der Waals surface area contributed by atoms with Crippen molar-refractivity contribution in [2.24, 2.45) is 0 Å². The lowest BCUT2D eigenvalue weighted by molar-refractivity contribution is 0.0727. The van der Waals surface area contributed by atoms with Crippen LogP contribution in [0.2, 0.25) is 0 Å². The second-order valence-electron chi connectivity index (χ2n) is 10.6. The van der Waals surface area contributed by atoms with Crippen molar-refractivity contribution >= 4 is 5.97 Å². The quantitative estimate of drug-likeness (QED) is 0.391. The summed E-state index contributed by atoms with van der Waals surface area (Å²) in [6.07, 6.45) is 13.6. The number of benzene rings is 1. The lowest BCUT2D eigenvalue weighted by Gasteiger charge is -2.31. The standard InChI is InChI=1S/C28H38N2O2/c1-28(2,3)25-18-23(21-11-6-4-7-12-21)17-24(20-30-15-8-5-9-16-30)26(25)32-27(31)22-13-10-14-29-19-22/h10,13-14,17-19,21H,4-9,11-12,15-16,20H2,1-3H3. The van der Waals surface area contributed by atoms with Gasteiger partial charge in [-0.1, -0.05) is 58.6 Å². The van der Waals surface area contributed by atoms with Crippen LogP contribution in [0.25, 0.3) is 0 Å². The van der Waals surface area contributed by atoms with Gasteiger partial charge in [0.1, 0.15) is 5.75 Å². The summed E-state index contributed by atoms with van der Waals surface area (Å²) in [4.78, 5) is 19.7. The minimum atomic E-state index is -0.325. The molecule has 0 spiro atoms. The lowest BCUT2D eigenvalue weighted by atomic mass is 9.78. The molecular weight excluding hydrogens is 396 g/mol. The maximum absolute atomic E-state index is 13.0. The third-order valence-electron chi connectivity index (χ3n) is 7.01. The molecule has 172 valence electrons. The van der Waals surface area contributed by atoms with Crippen LogP contribution in [0.1, 0.15) is 105 Å². The van der Waals surface area contributed by atoms with Crippen molar-refractivity contribution in [3.05, 3.63) is 58.9 Å². The number of piperidine rings is 1. The zero-order valence-corrected chi connectivity index (χ0v) is 20.0. The molecule has 0 unspecified atom stereocenters. The van der Waals surface area contributed by atoms with Crippen LogP contribution in [0, 0.1) is 0 Å². The maximum atomic E-state index is 13.0. The fourth-order valence-electron chi connectivity index (χ4n) is 5.17. The van der Waals surface area contributed by atoms with Crippen LogP contribution in [-0.4, -0.2) is 28.9 Å². The van der Waals surface area contributed by atoms with Gasteiger partial charge in [-0.2, -0.15) is 0 Å². The van der Waals surface area contributed by atoms with Gasteiger partial charge in [0.15, 0.2) is 0 Å². The van der Waals surface area contributed by atoms with Crippen LogP contribution in [0.4, 0.5) is 0 Å². The fraction of sp³-hybridized carbons (Fsp3) is 0.571. The number of rotatable bonds is 5. The topological polar surface area (TPSA) is 42.4 Å². The van der Waals surface area contributed by atoms with Gasteiger partial charge in [-0.15, -0.1) is 0 Å². The van der Waals surface area contributed by atoms with Crippen LogP contribution in [-0.2, 0) is 12.0 Å². The Bertz CT molecular complexity index is 905. The highest BCUT2D eigenvalue weighted by atomic mass is 16.5. The van der Waals surface area contributed by atoms with Crippen LogP contribution in [0.3, 0.4) is 0 Å². The summed E-state index contributed by atoms with van der Waals surface area (Å²) in [6.45, 7) is 9.75. The molecule has 4 rings (SSSR count). The number of likely N-dealkylation sites (tertiary alicyclic amines) is 1. The van der Waals surface area contributed by atoms with Crippen molar-refractivity contribution < 1.29 is 9.53 Å². The number of aromatic nitrogens is 1. The molecule has 4 nitrogen and oxygen atoms in total. The predicted octanol–water partition coefficient (Wildman–Crippen LogP) is 6.63. The summed E-state index contributed by atoms with van der Waals surface area (Å²) in [7, 11) is 0. The van der Waals surface area contributed by atoms with Gasteiger partial charge in [0.25, 0.3) is 0 Å². The van der Waals surface area contributed by atoms with E-state index >= 15 is 0 Å². The molecule has 1 aromatic heterocycles. The van der Waals surface area contributed by atoms with Crippen molar-refractivity contribution in [1.29, 1.82) is 0 Å². The Balaban J connectivity index is 1.75. The molecule has 0 amide bonds. The molecular formula is C28H38N2O2. The molecule has 4 heteroatoms. The average molecular weight is 435 g/mol. The summed E-state index contributed by atoms with van der Waals surface area (Å²) in [5, 5.41) is 0. The maximum Gasteiger partial charge on any atom is 0.345 e. The Hall–Kier alpha value is -2.20. The molecule has 1 saturated heterocycles. The van der Waals surface area contributed by atoms with Crippen molar-refractivity contribution in [1.82, 2.24) is 9.88 Å². The first-order chi connectivity index (χ1) is 15.4. The highest BCUT2D eigenvalue weighted by Gasteiger charge is 2.28. The molecule has 32 heavy (non-hydrogen) atoms. The number of hydrogen-bond acceptors (Lipinski definition) is 4. The van der Waals surface area contributed by atoms with Crippen LogP contribution in [0.5, 0.6) is 5.75 Å². The molecule has 0 atom stereocenters. The number of carbonyl (C=O) groups excluding carboxylic acids is 1. The van der Waals surface area contributed by atoms with Gasteiger partial charge in [0, 0.05) is 30.1 Å². The van der Waals surface area contributed by atoms with E-state index in [4.69, 9.17) is 4.74 Å². The fourth-order valence-corrected chi connectivity index (χ4v) is 5.17. The van der Waals surface area contributed by atoms with Gasteiger partial charge >= 0.3 is 5.97 Å². The minimum absolute atomic E-state index is 0.119. The molecule has 2 aliphatic rings. The summed E-state index contributed by atoms with van der Waals surface area (Å²) in [5.74, 6) is 1.05. The summed E-state index contributed by atoms with van der Waals surface area (Å²) in [6, 6.07) is 8.24. The smallest absolute Gasteiger partial charge is 0.345 e. The van der Waals surface area contributed by atoms with Crippen molar-refractivity contribution in [2.75, 3.05) is 13.1 Å². The summed E-state index contributed by atoms with van der Waals surface area (Å²) < 4.78 is 6.17. The molecule has 1 aliphatic carbocycles. The minimum Gasteiger partial charge on any atom is -0.422 e. The van der Waals surface area contributed by atoms with Gasteiger partial charge in [-0.25, -0.2) is 4.79 Å². The van der Waals surface area contributed by atoms with Crippen LogP contribution >= 0.6 is 0 Å². The molecule has 0 N–H and O–H groups in total. The van der Waals surface area contributed by atoms with Crippen molar-refractivity contribution in [2.45, 2.75) is 90.0 Å². The van der Waals surface area contributed by atoms with Crippen molar-refractivity contribution in [3.8, 4) is 5.75 Å². The Kier molecular flexibility index (Phi) is 7.30. The van der Waals surface area contributed by atoms with E-state index in [1.54, 1.807) is 24.5 Å². The molecule has 2 heterocycles. The van der Waals surface area contributed by atoms with Crippen LogP contribution in [0.15, 0.2) is 36.7 Å². The number of carbonyl (C=O) groups is 1. The molecule has 1 aromatic carbocycles. The van der Waals surface area contributed by atoms with Gasteiger partial charge in [-0.05, 0) is 67.8 Å².